The molecule has 0 radical (unpaired) electrons. The van der Waals surface area contributed by atoms with Crippen LogP contribution in [-0.4, -0.2) is 67.0 Å². The molecule has 4 rings (SSSR count). The number of likely N-dealkylation sites (tertiary alicyclic amines) is 1. The number of nitrogens with zero attached hydrogens (tertiary/aromatic N) is 4. The van der Waals surface area contributed by atoms with Gasteiger partial charge in [-0.05, 0) is 63.7 Å². The maximum atomic E-state index is 12.6. The molecule has 1 saturated carbocycles. The summed E-state index contributed by atoms with van der Waals surface area (Å²) in [5.74, 6) is 2.75. The molecule has 0 bridgehead atoms. The van der Waals surface area contributed by atoms with Crippen molar-refractivity contribution in [3.05, 3.63) is 23.9 Å². The van der Waals surface area contributed by atoms with E-state index in [4.69, 9.17) is 0 Å². The molecule has 0 spiro atoms. The second-order valence-electron chi connectivity index (χ2n) is 7.84. The van der Waals surface area contributed by atoms with E-state index in [0.717, 1.165) is 62.2 Å². The summed E-state index contributed by atoms with van der Waals surface area (Å²) in [6, 6.07) is 4.46. The Balaban J connectivity index is 1.52. The molecule has 5 heteroatoms. The van der Waals surface area contributed by atoms with Crippen LogP contribution in [0.2, 0.25) is 0 Å². The van der Waals surface area contributed by atoms with E-state index in [9.17, 15) is 4.79 Å². The third-order valence-electron chi connectivity index (χ3n) is 5.93. The second kappa shape index (κ2) is 6.36. The van der Waals surface area contributed by atoms with Crippen LogP contribution in [0.1, 0.15) is 36.0 Å². The minimum atomic E-state index is 0.165. The fourth-order valence-electron chi connectivity index (χ4n) is 4.36. The van der Waals surface area contributed by atoms with Gasteiger partial charge in [0.25, 0.3) is 5.91 Å². The van der Waals surface area contributed by atoms with E-state index in [1.807, 2.05) is 17.0 Å². The Morgan fingerprint density at radius 3 is 2.62 bits per heavy atom. The molecular formula is C19H28N4O. The van der Waals surface area contributed by atoms with E-state index in [-0.39, 0.29) is 5.91 Å². The topological polar surface area (TPSA) is 39.7 Å². The van der Waals surface area contributed by atoms with Gasteiger partial charge in [0.1, 0.15) is 5.82 Å². The third kappa shape index (κ3) is 3.02. The number of likely N-dealkylation sites (N-methyl/N-ethyl adjacent to an activating group) is 1. The summed E-state index contributed by atoms with van der Waals surface area (Å²) in [6.07, 6.45) is 6.81. The van der Waals surface area contributed by atoms with Crippen LogP contribution >= 0.6 is 0 Å². The van der Waals surface area contributed by atoms with E-state index >= 15 is 0 Å². The summed E-state index contributed by atoms with van der Waals surface area (Å²) in [6.45, 7) is 3.88. The first kappa shape index (κ1) is 15.9. The highest BCUT2D eigenvalue weighted by Gasteiger charge is 2.43. The lowest BCUT2D eigenvalue weighted by Gasteiger charge is -2.24. The molecule has 1 amide bonds. The molecule has 24 heavy (non-hydrogen) atoms. The lowest BCUT2D eigenvalue weighted by atomic mass is 9.97. The van der Waals surface area contributed by atoms with Crippen molar-refractivity contribution in [3.63, 3.8) is 0 Å². The zero-order valence-electron chi connectivity index (χ0n) is 14.8. The van der Waals surface area contributed by atoms with Gasteiger partial charge >= 0.3 is 0 Å². The number of carbonyl (C=O) groups is 1. The molecular weight excluding hydrogens is 300 g/mol. The first-order valence-corrected chi connectivity index (χ1v) is 9.30. The van der Waals surface area contributed by atoms with Gasteiger partial charge in [-0.1, -0.05) is 0 Å². The van der Waals surface area contributed by atoms with Gasteiger partial charge in [0.05, 0.1) is 0 Å². The zero-order chi connectivity index (χ0) is 16.7. The predicted octanol–water partition coefficient (Wildman–Crippen LogP) is 2.09. The van der Waals surface area contributed by atoms with Gasteiger partial charge in [0.15, 0.2) is 0 Å². The Hall–Kier alpha value is -1.62. The smallest absolute Gasteiger partial charge is 0.254 e. The highest BCUT2D eigenvalue weighted by atomic mass is 16.2. The average Bonchev–Trinajstić information content (AvgIpc) is 3.12. The van der Waals surface area contributed by atoms with Crippen molar-refractivity contribution >= 4 is 11.7 Å². The Labute approximate surface area is 144 Å². The van der Waals surface area contributed by atoms with Crippen molar-refractivity contribution in [2.75, 3.05) is 45.2 Å². The number of anilines is 1. The van der Waals surface area contributed by atoms with Gasteiger partial charge in [-0.2, -0.15) is 0 Å². The summed E-state index contributed by atoms with van der Waals surface area (Å²) in [4.78, 5) is 23.9. The summed E-state index contributed by atoms with van der Waals surface area (Å²) in [7, 11) is 4.37. The maximum absolute atomic E-state index is 12.6. The SMILES string of the molecule is CN(C)[C@H]1CN(c2cc(C(=O)N3CCCC3)ccn2)C[C@@H]1C1CC1. The number of hydrogen-bond donors (Lipinski definition) is 0. The largest absolute Gasteiger partial charge is 0.355 e. The van der Waals surface area contributed by atoms with Crippen LogP contribution in [0, 0.1) is 11.8 Å². The molecule has 1 aromatic rings. The van der Waals surface area contributed by atoms with Gasteiger partial charge < -0.3 is 14.7 Å². The molecule has 3 fully saturated rings. The first-order chi connectivity index (χ1) is 11.6. The molecule has 2 atom stereocenters. The van der Waals surface area contributed by atoms with Crippen molar-refractivity contribution in [2.24, 2.45) is 11.8 Å². The normalized spacial score (nSPS) is 27.3. The third-order valence-corrected chi connectivity index (χ3v) is 5.93. The molecule has 130 valence electrons. The minimum absolute atomic E-state index is 0.165. The number of rotatable bonds is 4. The van der Waals surface area contributed by atoms with Gasteiger partial charge in [-0.3, -0.25) is 4.79 Å². The van der Waals surface area contributed by atoms with Crippen LogP contribution in [-0.2, 0) is 0 Å². The van der Waals surface area contributed by atoms with Crippen molar-refractivity contribution in [1.29, 1.82) is 0 Å². The standard InChI is InChI=1S/C19H28N4O/c1-21(2)17-13-23(12-16(17)14-5-6-14)18-11-15(7-8-20-18)19(24)22-9-3-4-10-22/h7-8,11,14,16-17H,3-6,9-10,12-13H2,1-2H3/t16-,17+/m1/s1. The van der Waals surface area contributed by atoms with E-state index in [0.29, 0.717) is 6.04 Å². The van der Waals surface area contributed by atoms with Crippen LogP contribution in [0.15, 0.2) is 18.3 Å². The Kier molecular flexibility index (Phi) is 4.21. The highest BCUT2D eigenvalue weighted by molar-refractivity contribution is 5.95. The van der Waals surface area contributed by atoms with Crippen molar-refractivity contribution in [2.45, 2.75) is 31.7 Å². The molecule has 3 aliphatic rings. The van der Waals surface area contributed by atoms with Crippen LogP contribution in [0.25, 0.3) is 0 Å². The summed E-state index contributed by atoms with van der Waals surface area (Å²) >= 11 is 0. The van der Waals surface area contributed by atoms with Crippen LogP contribution in [0.4, 0.5) is 5.82 Å². The van der Waals surface area contributed by atoms with E-state index in [1.165, 1.54) is 12.8 Å². The Morgan fingerprint density at radius 2 is 1.96 bits per heavy atom. The summed E-state index contributed by atoms with van der Waals surface area (Å²) in [5, 5.41) is 0. The fourth-order valence-corrected chi connectivity index (χ4v) is 4.36. The molecule has 5 nitrogen and oxygen atoms in total. The molecule has 1 aliphatic carbocycles. The average molecular weight is 328 g/mol. The molecule has 0 unspecified atom stereocenters. The lowest BCUT2D eigenvalue weighted by molar-refractivity contribution is 0.0792. The van der Waals surface area contributed by atoms with Crippen LogP contribution in [0.3, 0.4) is 0 Å². The van der Waals surface area contributed by atoms with Gasteiger partial charge in [0, 0.05) is 44.0 Å². The summed E-state index contributed by atoms with van der Waals surface area (Å²) in [5.41, 5.74) is 0.790. The van der Waals surface area contributed by atoms with E-state index in [2.05, 4.69) is 28.9 Å². The molecule has 2 aliphatic heterocycles. The monoisotopic (exact) mass is 328 g/mol. The quantitative estimate of drug-likeness (QED) is 0.848. The molecule has 0 N–H and O–H groups in total. The minimum Gasteiger partial charge on any atom is -0.355 e. The first-order valence-electron chi connectivity index (χ1n) is 9.30. The summed E-state index contributed by atoms with van der Waals surface area (Å²) < 4.78 is 0. The van der Waals surface area contributed by atoms with Crippen molar-refractivity contribution in [3.8, 4) is 0 Å². The second-order valence-corrected chi connectivity index (χ2v) is 7.84. The van der Waals surface area contributed by atoms with Gasteiger partial charge in [-0.15, -0.1) is 0 Å². The molecule has 0 aromatic carbocycles. The van der Waals surface area contributed by atoms with Crippen molar-refractivity contribution in [1.82, 2.24) is 14.8 Å². The van der Waals surface area contributed by atoms with Crippen LogP contribution in [0.5, 0.6) is 0 Å². The van der Waals surface area contributed by atoms with E-state index in [1.54, 1.807) is 6.20 Å². The number of aromatic nitrogens is 1. The van der Waals surface area contributed by atoms with Gasteiger partial charge in [0.2, 0.25) is 0 Å². The van der Waals surface area contributed by atoms with Crippen LogP contribution < -0.4 is 4.90 Å². The molecule has 2 saturated heterocycles. The molecule has 3 heterocycles. The zero-order valence-corrected chi connectivity index (χ0v) is 14.8. The highest BCUT2D eigenvalue weighted by Crippen LogP contribution is 2.43. The van der Waals surface area contributed by atoms with E-state index < -0.39 is 0 Å². The number of pyridine rings is 1. The number of hydrogen-bond acceptors (Lipinski definition) is 4. The molecule has 1 aromatic heterocycles. The Bertz CT molecular complexity index is 597. The predicted molar refractivity (Wildman–Crippen MR) is 95.3 cm³/mol. The maximum Gasteiger partial charge on any atom is 0.254 e. The number of amides is 1. The van der Waals surface area contributed by atoms with Gasteiger partial charge in [-0.25, -0.2) is 4.98 Å². The number of carbonyl (C=O) groups excluding carboxylic acids is 1. The Morgan fingerprint density at radius 1 is 1.21 bits per heavy atom. The fraction of sp³-hybridized carbons (Fsp3) is 0.684. The lowest BCUT2D eigenvalue weighted by Crippen LogP contribution is -2.36. The van der Waals surface area contributed by atoms with Crippen molar-refractivity contribution < 1.29 is 4.79 Å².